The van der Waals surface area contributed by atoms with E-state index in [-0.39, 0.29) is 34.3 Å². The number of H-pyrrole nitrogens is 1. The first kappa shape index (κ1) is 26.8. The minimum atomic E-state index is -4.18. The molecule has 0 saturated heterocycles. The summed E-state index contributed by atoms with van der Waals surface area (Å²) in [6.45, 7) is 9.57. The Morgan fingerprint density at radius 1 is 1.18 bits per heavy atom. The van der Waals surface area contributed by atoms with E-state index in [1.807, 2.05) is 20.8 Å². The molecule has 200 valence electrons. The molecule has 2 N–H and O–H groups in total. The molecular formula is C25H28N6O6S. The summed E-state index contributed by atoms with van der Waals surface area (Å²) < 4.78 is 36.3. The monoisotopic (exact) mass is 540 g/mol. The second-order valence-electron chi connectivity index (χ2n) is 9.79. The molecule has 0 aliphatic heterocycles. The fourth-order valence-electron chi connectivity index (χ4n) is 3.99. The number of nitro groups is 1. The van der Waals surface area contributed by atoms with Crippen LogP contribution >= 0.6 is 0 Å². The number of sulfonamides is 1. The lowest BCUT2D eigenvalue weighted by atomic mass is 9.91. The Morgan fingerprint density at radius 2 is 1.89 bits per heavy atom. The molecule has 38 heavy (non-hydrogen) atoms. The SMILES string of the molecule is CCOc1ccc(S(=O)(=O)Nc2cc([N+](=O)[O-])ccc2C)cc1-c1nc2c(C(C)(C)C)nn(C)c2c(=O)[nH]1. The van der Waals surface area contributed by atoms with E-state index in [2.05, 4.69) is 19.8 Å². The maximum Gasteiger partial charge on any atom is 0.277 e. The Hall–Kier alpha value is -4.26. The topological polar surface area (TPSA) is 162 Å². The highest BCUT2D eigenvalue weighted by Crippen LogP contribution is 2.33. The molecule has 0 bridgehead atoms. The molecule has 4 rings (SSSR count). The van der Waals surface area contributed by atoms with E-state index in [1.165, 1.54) is 35.0 Å². The lowest BCUT2D eigenvalue weighted by molar-refractivity contribution is -0.384. The van der Waals surface area contributed by atoms with Gasteiger partial charge in [-0.25, -0.2) is 13.4 Å². The van der Waals surface area contributed by atoms with Gasteiger partial charge < -0.3 is 9.72 Å². The third-order valence-corrected chi connectivity index (χ3v) is 7.26. The summed E-state index contributed by atoms with van der Waals surface area (Å²) >= 11 is 0. The van der Waals surface area contributed by atoms with Crippen molar-refractivity contribution in [2.24, 2.45) is 7.05 Å². The predicted molar refractivity (Wildman–Crippen MR) is 143 cm³/mol. The number of aromatic amines is 1. The predicted octanol–water partition coefficient (Wildman–Crippen LogP) is 4.04. The van der Waals surface area contributed by atoms with Crippen LogP contribution in [0.25, 0.3) is 22.4 Å². The largest absolute Gasteiger partial charge is 0.493 e. The molecule has 4 aromatic rings. The lowest BCUT2D eigenvalue weighted by Gasteiger charge is -2.16. The summed E-state index contributed by atoms with van der Waals surface area (Å²) in [5.74, 6) is 0.440. The molecule has 0 radical (unpaired) electrons. The van der Waals surface area contributed by atoms with Crippen molar-refractivity contribution in [1.82, 2.24) is 19.7 Å². The van der Waals surface area contributed by atoms with Gasteiger partial charge in [0.25, 0.3) is 21.3 Å². The van der Waals surface area contributed by atoms with Crippen LogP contribution in [-0.2, 0) is 22.5 Å². The zero-order valence-electron chi connectivity index (χ0n) is 21.8. The molecule has 2 aromatic heterocycles. The lowest BCUT2D eigenvalue weighted by Crippen LogP contribution is -2.16. The number of nitrogens with one attached hydrogen (secondary N) is 2. The van der Waals surface area contributed by atoms with Crippen molar-refractivity contribution in [1.29, 1.82) is 0 Å². The summed E-state index contributed by atoms with van der Waals surface area (Å²) in [7, 11) is -2.52. The Bertz CT molecular complexity index is 1730. The van der Waals surface area contributed by atoms with E-state index >= 15 is 0 Å². The minimum Gasteiger partial charge on any atom is -0.493 e. The molecule has 0 saturated carbocycles. The molecule has 0 spiro atoms. The van der Waals surface area contributed by atoms with Gasteiger partial charge in [-0.2, -0.15) is 5.10 Å². The first-order valence-electron chi connectivity index (χ1n) is 11.8. The number of rotatable bonds is 7. The van der Waals surface area contributed by atoms with E-state index in [1.54, 1.807) is 20.9 Å². The summed E-state index contributed by atoms with van der Waals surface area (Å²) in [6, 6.07) is 8.09. The molecule has 2 aromatic carbocycles. The first-order valence-corrected chi connectivity index (χ1v) is 13.2. The summed E-state index contributed by atoms with van der Waals surface area (Å²) in [4.78, 5) is 30.9. The van der Waals surface area contributed by atoms with Crippen LogP contribution in [0.2, 0.25) is 0 Å². The third kappa shape index (κ3) is 4.96. The Morgan fingerprint density at radius 3 is 2.53 bits per heavy atom. The molecule has 0 fully saturated rings. The average Bonchev–Trinajstić information content (AvgIpc) is 3.18. The smallest absolute Gasteiger partial charge is 0.277 e. The Labute approximate surface area is 218 Å². The van der Waals surface area contributed by atoms with Crippen LogP contribution in [0.5, 0.6) is 5.75 Å². The number of nitro benzene ring substituents is 1. The van der Waals surface area contributed by atoms with Gasteiger partial charge in [-0.15, -0.1) is 0 Å². The fourth-order valence-corrected chi connectivity index (χ4v) is 5.14. The molecule has 0 aliphatic rings. The van der Waals surface area contributed by atoms with Gasteiger partial charge in [0, 0.05) is 24.6 Å². The van der Waals surface area contributed by atoms with Gasteiger partial charge in [-0.05, 0) is 37.6 Å². The van der Waals surface area contributed by atoms with Crippen molar-refractivity contribution in [2.75, 3.05) is 11.3 Å². The number of hydrogen-bond donors (Lipinski definition) is 2. The Kier molecular flexibility index (Phi) is 6.74. The second-order valence-corrected chi connectivity index (χ2v) is 11.5. The standard InChI is InChI=1S/C25H28N6O6S/c1-7-37-19-11-10-16(38(35,36)29-18-12-15(31(33)34)9-8-14(18)2)13-17(19)23-26-20-21(24(32)27-23)30(6)28-22(20)25(3,4)5/h8-13,29H,7H2,1-6H3,(H,26,27,32). The van der Waals surface area contributed by atoms with Gasteiger partial charge in [0.15, 0.2) is 5.52 Å². The first-order chi connectivity index (χ1) is 17.7. The number of anilines is 1. The minimum absolute atomic E-state index is 0.0766. The number of fused-ring (bicyclic) bond motifs is 1. The third-order valence-electron chi connectivity index (χ3n) is 5.90. The van der Waals surface area contributed by atoms with Gasteiger partial charge >= 0.3 is 0 Å². The summed E-state index contributed by atoms with van der Waals surface area (Å²) in [5.41, 5.74) is 1.06. The van der Waals surface area contributed by atoms with E-state index in [0.29, 0.717) is 28.0 Å². The summed E-state index contributed by atoms with van der Waals surface area (Å²) in [5, 5.41) is 15.7. The average molecular weight is 541 g/mol. The van der Waals surface area contributed by atoms with Gasteiger partial charge in [-0.3, -0.25) is 24.3 Å². The number of hydrogen-bond acceptors (Lipinski definition) is 8. The number of non-ortho nitro benzene ring substituents is 1. The summed E-state index contributed by atoms with van der Waals surface area (Å²) in [6.07, 6.45) is 0. The van der Waals surface area contributed by atoms with Crippen LogP contribution in [0.1, 0.15) is 39.0 Å². The molecule has 12 nitrogen and oxygen atoms in total. The number of aromatic nitrogens is 4. The highest BCUT2D eigenvalue weighted by molar-refractivity contribution is 7.92. The number of benzene rings is 2. The number of ether oxygens (including phenoxy) is 1. The van der Waals surface area contributed by atoms with Gasteiger partial charge in [0.1, 0.15) is 17.1 Å². The van der Waals surface area contributed by atoms with Crippen molar-refractivity contribution in [3.8, 4) is 17.1 Å². The van der Waals surface area contributed by atoms with Crippen LogP contribution < -0.4 is 15.0 Å². The maximum absolute atomic E-state index is 13.3. The number of aryl methyl sites for hydroxylation is 2. The highest BCUT2D eigenvalue weighted by atomic mass is 32.2. The van der Waals surface area contributed by atoms with Crippen molar-refractivity contribution >= 4 is 32.4 Å². The highest BCUT2D eigenvalue weighted by Gasteiger charge is 2.26. The molecule has 2 heterocycles. The van der Waals surface area contributed by atoms with Crippen LogP contribution in [-0.4, -0.2) is 39.7 Å². The number of nitrogens with zero attached hydrogens (tertiary/aromatic N) is 4. The molecule has 0 atom stereocenters. The van der Waals surface area contributed by atoms with Crippen LogP contribution in [0.4, 0.5) is 11.4 Å². The fraction of sp³-hybridized carbons (Fsp3) is 0.320. The van der Waals surface area contributed by atoms with Crippen LogP contribution in [0.15, 0.2) is 46.1 Å². The molecule has 0 unspecified atom stereocenters. The molecule has 13 heteroatoms. The van der Waals surface area contributed by atoms with Gasteiger partial charge in [-0.1, -0.05) is 26.8 Å². The van der Waals surface area contributed by atoms with Gasteiger partial charge in [0.05, 0.1) is 33.4 Å². The van der Waals surface area contributed by atoms with Crippen molar-refractivity contribution in [2.45, 2.75) is 44.9 Å². The maximum atomic E-state index is 13.3. The zero-order valence-corrected chi connectivity index (χ0v) is 22.6. The van der Waals surface area contributed by atoms with E-state index in [9.17, 15) is 23.3 Å². The van der Waals surface area contributed by atoms with Crippen LogP contribution in [0, 0.1) is 17.0 Å². The van der Waals surface area contributed by atoms with Crippen molar-refractivity contribution in [3.05, 3.63) is 68.1 Å². The van der Waals surface area contributed by atoms with Gasteiger partial charge in [0.2, 0.25) is 0 Å². The zero-order chi connectivity index (χ0) is 28.0. The molecule has 0 aliphatic carbocycles. The molecular weight excluding hydrogens is 512 g/mol. The van der Waals surface area contributed by atoms with E-state index < -0.39 is 25.9 Å². The van der Waals surface area contributed by atoms with E-state index in [0.717, 1.165) is 6.07 Å². The quantitative estimate of drug-likeness (QED) is 0.262. The van der Waals surface area contributed by atoms with E-state index in [4.69, 9.17) is 4.74 Å². The normalized spacial score (nSPS) is 12.1. The molecule has 0 amide bonds. The van der Waals surface area contributed by atoms with Crippen molar-refractivity contribution in [3.63, 3.8) is 0 Å². The van der Waals surface area contributed by atoms with Crippen molar-refractivity contribution < 1.29 is 18.1 Å². The Balaban J connectivity index is 1.88. The van der Waals surface area contributed by atoms with Crippen LogP contribution in [0.3, 0.4) is 0 Å². The second kappa shape index (κ2) is 9.56.